The third-order valence-corrected chi connectivity index (χ3v) is 2.96. The molecule has 17 heavy (non-hydrogen) atoms. The molecular weight excluding hydrogens is 214 g/mol. The van der Waals surface area contributed by atoms with Crippen LogP contribution in [0.25, 0.3) is 0 Å². The van der Waals surface area contributed by atoms with Gasteiger partial charge in [-0.1, -0.05) is 12.1 Å². The lowest BCUT2D eigenvalue weighted by molar-refractivity contribution is -0.114. The van der Waals surface area contributed by atoms with Gasteiger partial charge in [-0.05, 0) is 24.1 Å². The monoisotopic (exact) mass is 233 g/mol. The predicted octanol–water partition coefficient (Wildman–Crippen LogP) is 1.18. The fourth-order valence-electron chi connectivity index (χ4n) is 2.22. The van der Waals surface area contributed by atoms with Gasteiger partial charge in [-0.3, -0.25) is 9.69 Å². The lowest BCUT2D eigenvalue weighted by Crippen LogP contribution is -2.26. The minimum Gasteiger partial charge on any atom is -0.326 e. The van der Waals surface area contributed by atoms with Gasteiger partial charge in [0.25, 0.3) is 0 Å². The van der Waals surface area contributed by atoms with Gasteiger partial charge in [-0.25, -0.2) is 0 Å². The SMILES string of the molecule is CC(=O)Nc1cccc(CN2CC[C@@H](N)C2)c1. The van der Waals surface area contributed by atoms with E-state index < -0.39 is 0 Å². The lowest BCUT2D eigenvalue weighted by atomic mass is 10.2. The van der Waals surface area contributed by atoms with E-state index in [1.165, 1.54) is 12.5 Å². The van der Waals surface area contributed by atoms with Gasteiger partial charge in [0.2, 0.25) is 5.91 Å². The van der Waals surface area contributed by atoms with Crippen molar-refractivity contribution < 1.29 is 4.79 Å². The summed E-state index contributed by atoms with van der Waals surface area (Å²) < 4.78 is 0. The molecule has 0 aliphatic carbocycles. The first-order valence-corrected chi connectivity index (χ1v) is 5.98. The predicted molar refractivity (Wildman–Crippen MR) is 68.6 cm³/mol. The molecule has 0 bridgehead atoms. The molecule has 1 fully saturated rings. The average molecular weight is 233 g/mol. The molecule has 3 N–H and O–H groups in total. The molecule has 0 unspecified atom stereocenters. The minimum atomic E-state index is -0.0367. The summed E-state index contributed by atoms with van der Waals surface area (Å²) in [6.45, 7) is 4.45. The van der Waals surface area contributed by atoms with Gasteiger partial charge < -0.3 is 11.1 Å². The number of nitrogens with one attached hydrogen (secondary N) is 1. The van der Waals surface area contributed by atoms with Crippen molar-refractivity contribution in [3.8, 4) is 0 Å². The number of rotatable bonds is 3. The first kappa shape index (κ1) is 12.1. The zero-order chi connectivity index (χ0) is 12.3. The molecule has 4 nitrogen and oxygen atoms in total. The number of hydrogen-bond acceptors (Lipinski definition) is 3. The number of amides is 1. The Labute approximate surface area is 102 Å². The highest BCUT2D eigenvalue weighted by Gasteiger charge is 2.18. The Morgan fingerprint density at radius 1 is 1.59 bits per heavy atom. The zero-order valence-corrected chi connectivity index (χ0v) is 10.1. The number of nitrogens with two attached hydrogens (primary N) is 1. The molecule has 0 radical (unpaired) electrons. The van der Waals surface area contributed by atoms with Gasteiger partial charge in [0.1, 0.15) is 0 Å². The summed E-state index contributed by atoms with van der Waals surface area (Å²) in [4.78, 5) is 13.3. The van der Waals surface area contributed by atoms with Gasteiger partial charge in [0.05, 0.1) is 0 Å². The van der Waals surface area contributed by atoms with Crippen LogP contribution in [0.1, 0.15) is 18.9 Å². The van der Waals surface area contributed by atoms with Crippen molar-refractivity contribution in [1.82, 2.24) is 4.90 Å². The maximum absolute atomic E-state index is 11.0. The number of carbonyl (C=O) groups is 1. The number of carbonyl (C=O) groups excluding carboxylic acids is 1. The highest BCUT2D eigenvalue weighted by atomic mass is 16.1. The van der Waals surface area contributed by atoms with E-state index in [9.17, 15) is 4.79 Å². The van der Waals surface area contributed by atoms with Crippen LogP contribution in [0.15, 0.2) is 24.3 Å². The molecule has 1 aromatic rings. The zero-order valence-electron chi connectivity index (χ0n) is 10.1. The fourth-order valence-corrected chi connectivity index (χ4v) is 2.22. The summed E-state index contributed by atoms with van der Waals surface area (Å²) in [6.07, 6.45) is 1.07. The van der Waals surface area contributed by atoms with E-state index in [2.05, 4.69) is 16.3 Å². The van der Waals surface area contributed by atoms with Crippen molar-refractivity contribution in [2.24, 2.45) is 5.73 Å². The standard InChI is InChI=1S/C13H19N3O/c1-10(17)15-13-4-2-3-11(7-13)8-16-6-5-12(14)9-16/h2-4,7,12H,5-6,8-9,14H2,1H3,(H,15,17)/t12-/m1/s1. The molecule has 1 amide bonds. The molecule has 1 atom stereocenters. The van der Waals surface area contributed by atoms with E-state index >= 15 is 0 Å². The maximum atomic E-state index is 11.0. The average Bonchev–Trinajstić information content (AvgIpc) is 2.63. The molecule has 1 aromatic carbocycles. The molecule has 1 saturated heterocycles. The third kappa shape index (κ3) is 3.54. The first-order valence-electron chi connectivity index (χ1n) is 5.98. The van der Waals surface area contributed by atoms with E-state index in [-0.39, 0.29) is 5.91 Å². The van der Waals surface area contributed by atoms with Crippen LogP contribution in [0.5, 0.6) is 0 Å². The number of likely N-dealkylation sites (tertiary alicyclic amines) is 1. The molecule has 0 spiro atoms. The minimum absolute atomic E-state index is 0.0367. The number of anilines is 1. The highest BCUT2D eigenvalue weighted by molar-refractivity contribution is 5.88. The van der Waals surface area contributed by atoms with Crippen LogP contribution < -0.4 is 11.1 Å². The summed E-state index contributed by atoms with van der Waals surface area (Å²) in [6, 6.07) is 8.28. The second-order valence-electron chi connectivity index (χ2n) is 4.67. The molecule has 2 rings (SSSR count). The second-order valence-corrected chi connectivity index (χ2v) is 4.67. The van der Waals surface area contributed by atoms with Gasteiger partial charge in [0, 0.05) is 38.3 Å². The van der Waals surface area contributed by atoms with Gasteiger partial charge in [-0.2, -0.15) is 0 Å². The van der Waals surface area contributed by atoms with Gasteiger partial charge in [-0.15, -0.1) is 0 Å². The van der Waals surface area contributed by atoms with E-state index in [0.29, 0.717) is 6.04 Å². The van der Waals surface area contributed by atoms with Gasteiger partial charge >= 0.3 is 0 Å². The Balaban J connectivity index is 1.98. The van der Waals surface area contributed by atoms with Crippen molar-refractivity contribution >= 4 is 11.6 Å². The molecular formula is C13H19N3O. The van der Waals surface area contributed by atoms with Gasteiger partial charge in [0.15, 0.2) is 0 Å². The fraction of sp³-hybridized carbons (Fsp3) is 0.462. The maximum Gasteiger partial charge on any atom is 0.221 e. The summed E-state index contributed by atoms with van der Waals surface area (Å²) in [5.41, 5.74) is 7.95. The van der Waals surface area contributed by atoms with Crippen LogP contribution in [0.3, 0.4) is 0 Å². The molecule has 0 aromatic heterocycles. The van der Waals surface area contributed by atoms with E-state index in [4.69, 9.17) is 5.73 Å². The quantitative estimate of drug-likeness (QED) is 0.824. The Hall–Kier alpha value is -1.39. The summed E-state index contributed by atoms with van der Waals surface area (Å²) >= 11 is 0. The van der Waals surface area contributed by atoms with Crippen LogP contribution in [0, 0.1) is 0 Å². The van der Waals surface area contributed by atoms with E-state index in [0.717, 1.165) is 31.7 Å². The van der Waals surface area contributed by atoms with Crippen molar-refractivity contribution in [2.75, 3.05) is 18.4 Å². The Morgan fingerprint density at radius 2 is 2.41 bits per heavy atom. The van der Waals surface area contributed by atoms with Crippen molar-refractivity contribution in [1.29, 1.82) is 0 Å². The van der Waals surface area contributed by atoms with Crippen molar-refractivity contribution in [3.05, 3.63) is 29.8 Å². The highest BCUT2D eigenvalue weighted by Crippen LogP contribution is 2.15. The number of nitrogens with zero attached hydrogens (tertiary/aromatic N) is 1. The topological polar surface area (TPSA) is 58.4 Å². The molecule has 92 valence electrons. The Bertz CT molecular complexity index is 405. The second kappa shape index (κ2) is 5.29. The summed E-state index contributed by atoms with van der Waals surface area (Å²) in [7, 11) is 0. The molecule has 1 aliphatic rings. The summed E-state index contributed by atoms with van der Waals surface area (Å²) in [5.74, 6) is -0.0367. The smallest absolute Gasteiger partial charge is 0.221 e. The Kier molecular flexibility index (Phi) is 3.76. The first-order chi connectivity index (χ1) is 8.13. The van der Waals surface area contributed by atoms with E-state index in [1.807, 2.05) is 18.2 Å². The van der Waals surface area contributed by atoms with Crippen molar-refractivity contribution in [3.63, 3.8) is 0 Å². The lowest BCUT2D eigenvalue weighted by Gasteiger charge is -2.15. The van der Waals surface area contributed by atoms with Crippen LogP contribution >= 0.6 is 0 Å². The van der Waals surface area contributed by atoms with Crippen LogP contribution in [-0.2, 0) is 11.3 Å². The molecule has 4 heteroatoms. The molecule has 0 saturated carbocycles. The van der Waals surface area contributed by atoms with Crippen molar-refractivity contribution in [2.45, 2.75) is 25.9 Å². The Morgan fingerprint density at radius 3 is 3.06 bits per heavy atom. The summed E-state index contributed by atoms with van der Waals surface area (Å²) in [5, 5.41) is 2.80. The normalized spacial score (nSPS) is 20.5. The van der Waals surface area contributed by atoms with Crippen LogP contribution in [-0.4, -0.2) is 29.9 Å². The van der Waals surface area contributed by atoms with Crippen LogP contribution in [0.4, 0.5) is 5.69 Å². The third-order valence-electron chi connectivity index (χ3n) is 2.96. The van der Waals surface area contributed by atoms with E-state index in [1.54, 1.807) is 0 Å². The van der Waals surface area contributed by atoms with Crippen LogP contribution in [0.2, 0.25) is 0 Å². The molecule has 1 aliphatic heterocycles. The molecule has 1 heterocycles. The number of hydrogen-bond donors (Lipinski definition) is 2. The largest absolute Gasteiger partial charge is 0.326 e. The number of benzene rings is 1.